The Hall–Kier alpha value is -5.32. The molecule has 9 rings (SSSR count). The summed E-state index contributed by atoms with van der Waals surface area (Å²) in [7, 11) is -2.86. The Morgan fingerprint density at radius 1 is 0.691 bits per heavy atom. The number of aromatic nitrogens is 2. The zero-order chi connectivity index (χ0) is 38.3. The largest absolute Gasteiger partial charge is 0.310 e. The van der Waals surface area contributed by atoms with Crippen LogP contribution in [0.2, 0.25) is 0 Å². The summed E-state index contributed by atoms with van der Waals surface area (Å²) in [6.07, 6.45) is 10.1. The fraction of sp³-hybridized carbons (Fsp3) is 0.255. The fourth-order valence-corrected chi connectivity index (χ4v) is 14.6. The average molecular weight is 734 g/mol. The van der Waals surface area contributed by atoms with E-state index in [0.29, 0.717) is 5.92 Å². The smallest absolute Gasteiger partial charge is 0.202 e. The van der Waals surface area contributed by atoms with E-state index in [1.807, 2.05) is 18.5 Å². The van der Waals surface area contributed by atoms with Crippen molar-refractivity contribution in [3.05, 3.63) is 173 Å². The molecule has 274 valence electrons. The van der Waals surface area contributed by atoms with Gasteiger partial charge in [-0.05, 0) is 115 Å². The maximum absolute atomic E-state index is 5.29. The highest BCUT2D eigenvalue weighted by atomic mass is 28.3. The van der Waals surface area contributed by atoms with E-state index in [2.05, 4.69) is 188 Å². The summed E-state index contributed by atoms with van der Waals surface area (Å²) < 4.78 is 0. The second-order valence-electron chi connectivity index (χ2n) is 18.4. The van der Waals surface area contributed by atoms with Crippen LogP contribution in [0.4, 0.5) is 17.1 Å². The first-order valence-corrected chi connectivity index (χ1v) is 21.9. The van der Waals surface area contributed by atoms with Crippen molar-refractivity contribution in [2.45, 2.75) is 72.6 Å². The van der Waals surface area contributed by atoms with Crippen molar-refractivity contribution in [1.82, 2.24) is 9.97 Å². The van der Waals surface area contributed by atoms with E-state index >= 15 is 0 Å². The van der Waals surface area contributed by atoms with Gasteiger partial charge in [0.1, 0.15) is 0 Å². The molecule has 2 aromatic heterocycles. The van der Waals surface area contributed by atoms with Crippen LogP contribution in [-0.4, -0.2) is 18.0 Å². The second-order valence-corrected chi connectivity index (χ2v) is 22.0. The zero-order valence-electron chi connectivity index (χ0n) is 33.5. The minimum Gasteiger partial charge on any atom is -0.310 e. The first-order valence-electron chi connectivity index (χ1n) is 19.9. The average Bonchev–Trinajstić information content (AvgIpc) is 3.48. The quantitative estimate of drug-likeness (QED) is 0.169. The number of hydrogen-bond donors (Lipinski definition) is 0. The topological polar surface area (TPSA) is 29.0 Å². The molecule has 0 radical (unpaired) electrons. The minimum absolute atomic E-state index is 0.0340. The van der Waals surface area contributed by atoms with Gasteiger partial charge in [0.05, 0.1) is 17.1 Å². The molecule has 3 aliphatic rings. The third-order valence-corrected chi connectivity index (χ3v) is 17.4. The van der Waals surface area contributed by atoms with E-state index in [1.165, 1.54) is 60.1 Å². The van der Waals surface area contributed by atoms with E-state index in [-0.39, 0.29) is 16.2 Å². The highest BCUT2D eigenvalue weighted by Gasteiger charge is 2.53. The van der Waals surface area contributed by atoms with E-state index < -0.39 is 8.07 Å². The molecule has 0 bridgehead atoms. The minimum atomic E-state index is -2.86. The Labute approximate surface area is 328 Å². The number of anilines is 3. The summed E-state index contributed by atoms with van der Waals surface area (Å²) in [5, 5.41) is 5.49. The van der Waals surface area contributed by atoms with E-state index in [1.54, 1.807) is 0 Å². The predicted molar refractivity (Wildman–Crippen MR) is 234 cm³/mol. The van der Waals surface area contributed by atoms with Crippen LogP contribution in [0.1, 0.15) is 84.1 Å². The number of allylic oxidation sites excluding steroid dienone is 4. The van der Waals surface area contributed by atoms with Gasteiger partial charge in [-0.2, -0.15) is 0 Å². The molecule has 0 saturated heterocycles. The third-order valence-electron chi connectivity index (χ3n) is 12.6. The van der Waals surface area contributed by atoms with Crippen molar-refractivity contribution in [2.24, 2.45) is 11.3 Å². The van der Waals surface area contributed by atoms with Crippen LogP contribution in [0.15, 0.2) is 151 Å². The Balaban J connectivity index is 1.32. The molecule has 55 heavy (non-hydrogen) atoms. The molecular formula is C51H51N3Si. The fourth-order valence-electron chi connectivity index (χ4n) is 9.50. The molecule has 0 saturated carbocycles. The lowest BCUT2D eigenvalue weighted by atomic mass is 9.73. The van der Waals surface area contributed by atoms with Crippen LogP contribution in [0.3, 0.4) is 0 Å². The SMILES string of the molecule is CC(C)(C)c1ccc2c(c1)C1=CC(C(C)(C)C)CC=C1[Si]2(c1cccc(N2c3ccccc3C(C)(C)c3ccc(-c4ccccn4)cc32)c1)c1ccccn1. The first kappa shape index (κ1) is 35.4. The standard InChI is InChI=1S/C51H51N3Si/c1-49(2,3)35-23-26-46-39(31-35)40-32-36(50(4,5)6)24-27-47(40)55(46,48-21-12-14-29-53-48)38-17-15-16-37(33-38)54-44-20-10-9-18-41(44)51(7,8)42-25-22-34(30-45(42)54)43-19-11-13-28-52-43/h9-23,25-33,36H,24H2,1-8H3. The van der Waals surface area contributed by atoms with E-state index in [9.17, 15) is 0 Å². The molecule has 2 atom stereocenters. The molecular weight excluding hydrogens is 683 g/mol. The molecule has 4 heteroatoms. The number of nitrogens with zero attached hydrogens (tertiary/aromatic N) is 3. The maximum Gasteiger partial charge on any atom is 0.202 e. The summed E-state index contributed by atoms with van der Waals surface area (Å²) in [5.74, 6) is 0.454. The van der Waals surface area contributed by atoms with Crippen LogP contribution in [-0.2, 0) is 10.8 Å². The Kier molecular flexibility index (Phi) is 8.11. The van der Waals surface area contributed by atoms with Gasteiger partial charge in [0.2, 0.25) is 8.07 Å². The predicted octanol–water partition coefficient (Wildman–Crippen LogP) is 10.9. The normalized spacial score (nSPS) is 19.8. The van der Waals surface area contributed by atoms with Gasteiger partial charge in [0.25, 0.3) is 0 Å². The second kappa shape index (κ2) is 12.6. The molecule has 4 heterocycles. The molecule has 0 amide bonds. The van der Waals surface area contributed by atoms with Gasteiger partial charge < -0.3 is 4.90 Å². The number of benzene rings is 4. The van der Waals surface area contributed by atoms with Crippen LogP contribution in [0.25, 0.3) is 16.8 Å². The first-order chi connectivity index (χ1) is 26.3. The summed E-state index contributed by atoms with van der Waals surface area (Å²) in [6.45, 7) is 18.9. The van der Waals surface area contributed by atoms with Crippen molar-refractivity contribution < 1.29 is 0 Å². The van der Waals surface area contributed by atoms with Gasteiger partial charge in [-0.25, -0.2) is 0 Å². The lowest BCUT2D eigenvalue weighted by Crippen LogP contribution is -2.67. The molecule has 4 aromatic carbocycles. The molecule has 3 nitrogen and oxygen atoms in total. The maximum atomic E-state index is 5.29. The van der Waals surface area contributed by atoms with Crippen LogP contribution < -0.4 is 20.6 Å². The molecule has 6 aromatic rings. The molecule has 0 spiro atoms. The Morgan fingerprint density at radius 2 is 1.44 bits per heavy atom. The monoisotopic (exact) mass is 733 g/mol. The Bertz CT molecular complexity index is 2520. The third kappa shape index (κ3) is 5.51. The van der Waals surface area contributed by atoms with Crippen molar-refractivity contribution in [3.8, 4) is 11.3 Å². The van der Waals surface area contributed by atoms with Gasteiger partial charge in [0, 0.05) is 34.4 Å². The lowest BCUT2D eigenvalue weighted by molar-refractivity contribution is 0.294. The van der Waals surface area contributed by atoms with Gasteiger partial charge in [0.15, 0.2) is 0 Å². The molecule has 0 N–H and O–H groups in total. The molecule has 0 fully saturated rings. The molecule has 1 aliphatic carbocycles. The van der Waals surface area contributed by atoms with Gasteiger partial charge in [-0.3, -0.25) is 9.97 Å². The highest BCUT2D eigenvalue weighted by molar-refractivity contribution is 7.18. The van der Waals surface area contributed by atoms with Gasteiger partial charge in [-0.15, -0.1) is 0 Å². The summed E-state index contributed by atoms with van der Waals surface area (Å²) in [6, 6.07) is 45.5. The number of pyridine rings is 2. The van der Waals surface area contributed by atoms with Crippen molar-refractivity contribution in [3.63, 3.8) is 0 Å². The van der Waals surface area contributed by atoms with Gasteiger partial charge >= 0.3 is 0 Å². The zero-order valence-corrected chi connectivity index (χ0v) is 34.5. The number of hydrogen-bond acceptors (Lipinski definition) is 3. The van der Waals surface area contributed by atoms with E-state index in [4.69, 9.17) is 9.97 Å². The van der Waals surface area contributed by atoms with Crippen molar-refractivity contribution in [1.29, 1.82) is 0 Å². The van der Waals surface area contributed by atoms with Crippen LogP contribution in [0, 0.1) is 11.3 Å². The Morgan fingerprint density at radius 3 is 2.16 bits per heavy atom. The number of fused-ring (bicyclic) bond motifs is 5. The number of rotatable bonds is 4. The van der Waals surface area contributed by atoms with Crippen LogP contribution >= 0.6 is 0 Å². The van der Waals surface area contributed by atoms with Crippen molar-refractivity contribution >= 4 is 46.4 Å². The summed E-state index contributed by atoms with van der Waals surface area (Å²) in [5.41, 5.74) is 12.5. The number of para-hydroxylation sites is 1. The van der Waals surface area contributed by atoms with Crippen LogP contribution in [0.5, 0.6) is 0 Å². The van der Waals surface area contributed by atoms with E-state index in [0.717, 1.165) is 23.4 Å². The van der Waals surface area contributed by atoms with Gasteiger partial charge in [-0.1, -0.05) is 140 Å². The molecule has 2 unspecified atom stereocenters. The summed E-state index contributed by atoms with van der Waals surface area (Å²) in [4.78, 5) is 12.6. The summed E-state index contributed by atoms with van der Waals surface area (Å²) >= 11 is 0. The highest BCUT2D eigenvalue weighted by Crippen LogP contribution is 2.53. The lowest BCUT2D eigenvalue weighted by Gasteiger charge is -2.42. The van der Waals surface area contributed by atoms with Crippen molar-refractivity contribution in [2.75, 3.05) is 4.90 Å². The molecule has 2 aliphatic heterocycles.